The molecule has 9 nitrogen and oxygen atoms in total. The van der Waals surface area contributed by atoms with Crippen LogP contribution in [0.1, 0.15) is 32.1 Å². The van der Waals surface area contributed by atoms with Gasteiger partial charge in [-0.25, -0.2) is 0 Å². The van der Waals surface area contributed by atoms with E-state index in [9.17, 15) is 26.9 Å². The molecule has 1 aliphatic rings. The summed E-state index contributed by atoms with van der Waals surface area (Å²) in [6.07, 6.45) is 5.04. The third-order valence-electron chi connectivity index (χ3n) is 3.77. The predicted octanol–water partition coefficient (Wildman–Crippen LogP) is 0.535. The minimum Gasteiger partial charge on any atom is -0.264 e. The van der Waals surface area contributed by atoms with E-state index in [0.717, 1.165) is 31.8 Å². The molecule has 0 aromatic carbocycles. The average molecular weight is 359 g/mol. The lowest BCUT2D eigenvalue weighted by Gasteiger charge is -2.34. The van der Waals surface area contributed by atoms with Gasteiger partial charge in [-0.15, -0.1) is 0 Å². The summed E-state index contributed by atoms with van der Waals surface area (Å²) in [5.41, 5.74) is -1.90. The van der Waals surface area contributed by atoms with Gasteiger partial charge < -0.3 is 0 Å². The van der Waals surface area contributed by atoms with Gasteiger partial charge in [-0.05, 0) is 12.8 Å². The molecule has 0 saturated heterocycles. The fourth-order valence-corrected chi connectivity index (χ4v) is 3.43. The molecule has 1 saturated carbocycles. The van der Waals surface area contributed by atoms with Crippen LogP contribution >= 0.6 is 0 Å². The van der Waals surface area contributed by atoms with Crippen LogP contribution in [-0.2, 0) is 28.6 Å². The van der Waals surface area contributed by atoms with E-state index in [4.69, 9.17) is 0 Å². The molecule has 0 amide bonds. The van der Waals surface area contributed by atoms with E-state index in [1.165, 1.54) is 0 Å². The molecule has 1 aliphatic carbocycles. The maximum Gasteiger partial charge on any atom is 0.273 e. The van der Waals surface area contributed by atoms with E-state index in [-0.39, 0.29) is 0 Å². The van der Waals surface area contributed by atoms with Crippen LogP contribution in [0.15, 0.2) is 0 Å². The first-order chi connectivity index (χ1) is 9.96. The number of rotatable bonds is 8. The molecule has 22 heavy (non-hydrogen) atoms. The SMILES string of the molecule is CS(=O)(=O)OCC(COS(C)(=O)=O)(C1CCCCC1)[N+](=O)[O-]. The van der Waals surface area contributed by atoms with E-state index < -0.39 is 49.8 Å². The Bertz CT molecular complexity index is 556. The Hall–Kier alpha value is -0.780. The van der Waals surface area contributed by atoms with Gasteiger partial charge in [0.05, 0.1) is 12.5 Å². The fraction of sp³-hybridized carbons (Fsp3) is 1.00. The van der Waals surface area contributed by atoms with Gasteiger partial charge in [0.1, 0.15) is 13.2 Å². The number of hydrogen-bond acceptors (Lipinski definition) is 8. The molecule has 0 spiro atoms. The van der Waals surface area contributed by atoms with Gasteiger partial charge in [-0.1, -0.05) is 19.3 Å². The Morgan fingerprint density at radius 3 is 1.73 bits per heavy atom. The second-order valence-electron chi connectivity index (χ2n) is 5.63. The Morgan fingerprint density at radius 2 is 1.41 bits per heavy atom. The van der Waals surface area contributed by atoms with E-state index in [1.54, 1.807) is 0 Å². The molecule has 0 aromatic rings. The summed E-state index contributed by atoms with van der Waals surface area (Å²) < 4.78 is 54.0. The van der Waals surface area contributed by atoms with Crippen molar-refractivity contribution in [3.63, 3.8) is 0 Å². The largest absolute Gasteiger partial charge is 0.273 e. The second kappa shape index (κ2) is 7.20. The highest BCUT2D eigenvalue weighted by Crippen LogP contribution is 2.36. The van der Waals surface area contributed by atoms with Crippen LogP contribution in [-0.4, -0.2) is 53.0 Å². The molecule has 11 heteroatoms. The first-order valence-electron chi connectivity index (χ1n) is 6.79. The fourth-order valence-electron chi connectivity index (χ4n) is 2.59. The summed E-state index contributed by atoms with van der Waals surface area (Å²) >= 11 is 0. The second-order valence-corrected chi connectivity index (χ2v) is 8.92. The molecule has 0 aliphatic heterocycles. The Labute approximate surface area is 130 Å². The van der Waals surface area contributed by atoms with Crippen LogP contribution in [0.3, 0.4) is 0 Å². The molecule has 0 radical (unpaired) electrons. The van der Waals surface area contributed by atoms with E-state index in [2.05, 4.69) is 8.37 Å². The predicted molar refractivity (Wildman–Crippen MR) is 77.9 cm³/mol. The molecule has 0 bridgehead atoms. The molecular weight excluding hydrogens is 338 g/mol. The summed E-state index contributed by atoms with van der Waals surface area (Å²) in [5, 5.41) is 11.6. The zero-order valence-corrected chi connectivity index (χ0v) is 14.2. The molecule has 1 rings (SSSR count). The highest BCUT2D eigenvalue weighted by atomic mass is 32.2. The van der Waals surface area contributed by atoms with Crippen molar-refractivity contribution in [2.24, 2.45) is 5.92 Å². The van der Waals surface area contributed by atoms with Crippen LogP contribution in [0.2, 0.25) is 0 Å². The van der Waals surface area contributed by atoms with Crippen LogP contribution in [0.5, 0.6) is 0 Å². The third-order valence-corrected chi connectivity index (χ3v) is 4.87. The molecule has 0 atom stereocenters. The van der Waals surface area contributed by atoms with E-state index in [1.807, 2.05) is 0 Å². The average Bonchev–Trinajstić information content (AvgIpc) is 2.37. The highest BCUT2D eigenvalue weighted by Gasteiger charge is 2.52. The van der Waals surface area contributed by atoms with Crippen LogP contribution in [0.25, 0.3) is 0 Å². The van der Waals surface area contributed by atoms with Crippen molar-refractivity contribution in [1.82, 2.24) is 0 Å². The van der Waals surface area contributed by atoms with E-state index in [0.29, 0.717) is 12.8 Å². The lowest BCUT2D eigenvalue weighted by Crippen LogP contribution is -2.54. The summed E-state index contributed by atoms with van der Waals surface area (Å²) in [5.74, 6) is -0.500. The van der Waals surface area contributed by atoms with Crippen LogP contribution in [0.4, 0.5) is 0 Å². The van der Waals surface area contributed by atoms with Crippen molar-refractivity contribution >= 4 is 20.2 Å². The minimum absolute atomic E-state index is 0.500. The van der Waals surface area contributed by atoms with Gasteiger partial charge >= 0.3 is 0 Å². The highest BCUT2D eigenvalue weighted by molar-refractivity contribution is 7.86. The summed E-state index contributed by atoms with van der Waals surface area (Å²) in [6, 6.07) is 0. The number of hydrogen-bond donors (Lipinski definition) is 0. The lowest BCUT2D eigenvalue weighted by molar-refractivity contribution is -0.587. The van der Waals surface area contributed by atoms with Crippen molar-refractivity contribution in [3.8, 4) is 0 Å². The lowest BCUT2D eigenvalue weighted by atomic mass is 9.75. The summed E-state index contributed by atoms with van der Waals surface area (Å²) in [6.45, 7) is -1.47. The van der Waals surface area contributed by atoms with Gasteiger partial charge in [0.2, 0.25) is 0 Å². The van der Waals surface area contributed by atoms with E-state index >= 15 is 0 Å². The third kappa shape index (κ3) is 5.78. The molecule has 1 fully saturated rings. The molecule has 130 valence electrons. The minimum atomic E-state index is -3.89. The van der Waals surface area contributed by atoms with Gasteiger partial charge in [0.25, 0.3) is 25.8 Å². The maximum absolute atomic E-state index is 11.6. The maximum atomic E-state index is 11.6. The topological polar surface area (TPSA) is 130 Å². The van der Waals surface area contributed by atoms with Crippen molar-refractivity contribution in [1.29, 1.82) is 0 Å². The zero-order chi connectivity index (χ0) is 17.0. The normalized spacial score (nSPS) is 18.3. The van der Waals surface area contributed by atoms with Crippen molar-refractivity contribution < 1.29 is 30.1 Å². The van der Waals surface area contributed by atoms with Gasteiger partial charge in [0, 0.05) is 10.8 Å². The number of nitro groups is 1. The molecule has 0 unspecified atom stereocenters. The van der Waals surface area contributed by atoms with Crippen molar-refractivity contribution in [2.45, 2.75) is 37.6 Å². The van der Waals surface area contributed by atoms with Crippen LogP contribution < -0.4 is 0 Å². The Kier molecular flexibility index (Phi) is 6.30. The first-order valence-corrected chi connectivity index (χ1v) is 10.4. The zero-order valence-electron chi connectivity index (χ0n) is 12.6. The van der Waals surface area contributed by atoms with Crippen molar-refractivity contribution in [3.05, 3.63) is 10.1 Å². The number of nitrogens with zero attached hydrogens (tertiary/aromatic N) is 1. The first kappa shape index (κ1) is 19.3. The Morgan fingerprint density at radius 1 is 1.00 bits per heavy atom. The molecule has 0 N–H and O–H groups in total. The monoisotopic (exact) mass is 359 g/mol. The quantitative estimate of drug-likeness (QED) is 0.348. The standard InChI is InChI=1S/C11H21NO8S2/c1-21(15,16)19-8-11(12(13)14,9-20-22(2,17)18)10-6-4-3-5-7-10/h10H,3-9H2,1-2H3. The summed E-state index contributed by atoms with van der Waals surface area (Å²) in [7, 11) is -7.79. The van der Waals surface area contributed by atoms with Gasteiger partial charge in [0.15, 0.2) is 0 Å². The van der Waals surface area contributed by atoms with Gasteiger partial charge in [-0.2, -0.15) is 16.8 Å². The Balaban J connectivity index is 3.08. The smallest absolute Gasteiger partial charge is 0.264 e. The van der Waals surface area contributed by atoms with Crippen LogP contribution in [0, 0.1) is 16.0 Å². The molecule has 0 heterocycles. The molecular formula is C11H21NO8S2. The van der Waals surface area contributed by atoms with Gasteiger partial charge in [-0.3, -0.25) is 18.5 Å². The summed E-state index contributed by atoms with van der Waals surface area (Å²) in [4.78, 5) is 10.9. The van der Waals surface area contributed by atoms with Crippen molar-refractivity contribution in [2.75, 3.05) is 25.7 Å². The molecule has 0 aromatic heterocycles.